The maximum Gasteiger partial charge on any atom is 0.313 e. The maximum atomic E-state index is 10.6. The molecule has 2 aromatic heterocycles. The van der Waals surface area contributed by atoms with Gasteiger partial charge in [0.05, 0.1) is 10.8 Å². The maximum absolute atomic E-state index is 10.6. The van der Waals surface area contributed by atoms with Crippen LogP contribution in [0.4, 0.5) is 5.95 Å². The molecule has 0 aliphatic carbocycles. The molecule has 0 bridgehead atoms. The van der Waals surface area contributed by atoms with Crippen molar-refractivity contribution in [1.82, 2.24) is 19.7 Å². The third-order valence-corrected chi connectivity index (χ3v) is 4.36. The number of thioether (sulfide) groups is 1. The van der Waals surface area contributed by atoms with E-state index in [2.05, 4.69) is 15.2 Å². The summed E-state index contributed by atoms with van der Waals surface area (Å²) in [4.78, 5) is 14.8. The molecule has 3 N–H and O–H groups in total. The van der Waals surface area contributed by atoms with Gasteiger partial charge in [-0.2, -0.15) is 0 Å². The third kappa shape index (κ3) is 3.44. The summed E-state index contributed by atoms with van der Waals surface area (Å²) in [6.07, 6.45) is 1.76. The normalized spacial score (nSPS) is 12.5. The summed E-state index contributed by atoms with van der Waals surface area (Å²) in [5, 5.41) is 19.8. The number of nitrogens with two attached hydrogens (primary N) is 1. The smallest absolute Gasteiger partial charge is 0.313 e. The van der Waals surface area contributed by atoms with Crippen LogP contribution >= 0.6 is 23.1 Å². The molecule has 1 atom stereocenters. The molecule has 1 unspecified atom stereocenters. The quantitative estimate of drug-likeness (QED) is 0.774. The number of aromatic nitrogens is 4. The number of carbonyl (C=O) groups is 1. The van der Waals surface area contributed by atoms with E-state index in [0.29, 0.717) is 11.7 Å². The minimum atomic E-state index is -0.897. The molecule has 7 nitrogen and oxygen atoms in total. The van der Waals surface area contributed by atoms with E-state index in [9.17, 15) is 4.79 Å². The molecule has 2 heterocycles. The van der Waals surface area contributed by atoms with Gasteiger partial charge in [-0.1, -0.05) is 18.7 Å². The second kappa shape index (κ2) is 6.02. The van der Waals surface area contributed by atoms with Crippen LogP contribution in [0, 0.1) is 0 Å². The Morgan fingerprint density at radius 3 is 3.05 bits per heavy atom. The van der Waals surface area contributed by atoms with Gasteiger partial charge in [-0.3, -0.25) is 9.36 Å². The number of carboxylic acids is 1. The summed E-state index contributed by atoms with van der Waals surface area (Å²) >= 11 is 2.68. The minimum Gasteiger partial charge on any atom is -0.481 e. The van der Waals surface area contributed by atoms with Crippen molar-refractivity contribution in [2.24, 2.45) is 0 Å². The van der Waals surface area contributed by atoms with E-state index < -0.39 is 5.97 Å². The van der Waals surface area contributed by atoms with Crippen LogP contribution in [0.25, 0.3) is 0 Å². The van der Waals surface area contributed by atoms with Gasteiger partial charge in [0, 0.05) is 24.0 Å². The third-order valence-electron chi connectivity index (χ3n) is 2.40. The zero-order valence-corrected chi connectivity index (χ0v) is 11.8. The number of thiazole rings is 1. The lowest BCUT2D eigenvalue weighted by Crippen LogP contribution is -2.11. The molecular weight excluding hydrogens is 286 g/mol. The predicted molar refractivity (Wildman–Crippen MR) is 73.3 cm³/mol. The Morgan fingerprint density at radius 2 is 2.42 bits per heavy atom. The Morgan fingerprint density at radius 1 is 1.63 bits per heavy atom. The average Bonchev–Trinajstić information content (AvgIpc) is 2.99. The number of carboxylic acid groups (broad SMARTS) is 1. The lowest BCUT2D eigenvalue weighted by atomic mass is 10.2. The van der Waals surface area contributed by atoms with E-state index in [-0.39, 0.29) is 17.6 Å². The Kier molecular flexibility index (Phi) is 4.38. The Bertz CT molecular complexity index is 554. The Hall–Kier alpha value is -1.61. The number of hydrogen-bond acceptors (Lipinski definition) is 7. The van der Waals surface area contributed by atoms with Gasteiger partial charge in [-0.25, -0.2) is 4.98 Å². The van der Waals surface area contributed by atoms with Crippen molar-refractivity contribution >= 4 is 35.0 Å². The summed E-state index contributed by atoms with van der Waals surface area (Å²) in [7, 11) is 0. The van der Waals surface area contributed by atoms with Crippen molar-refractivity contribution in [3.8, 4) is 0 Å². The first-order valence-electron chi connectivity index (χ1n) is 5.50. The van der Waals surface area contributed by atoms with E-state index in [4.69, 9.17) is 10.8 Å². The lowest BCUT2D eigenvalue weighted by molar-refractivity contribution is -0.133. The Labute approximate surface area is 117 Å². The van der Waals surface area contributed by atoms with E-state index in [1.165, 1.54) is 0 Å². The van der Waals surface area contributed by atoms with E-state index in [1.54, 1.807) is 22.1 Å². The van der Waals surface area contributed by atoms with Crippen LogP contribution in [0.5, 0.6) is 0 Å². The molecule has 0 spiro atoms. The van der Waals surface area contributed by atoms with Crippen molar-refractivity contribution in [1.29, 1.82) is 0 Å². The number of hydrogen-bond donors (Lipinski definition) is 2. The topological polar surface area (TPSA) is 107 Å². The molecule has 0 saturated heterocycles. The molecule has 102 valence electrons. The van der Waals surface area contributed by atoms with Crippen LogP contribution in [0.2, 0.25) is 0 Å². The van der Waals surface area contributed by atoms with Gasteiger partial charge in [-0.15, -0.1) is 21.5 Å². The number of rotatable bonds is 6. The zero-order valence-electron chi connectivity index (χ0n) is 10.2. The van der Waals surface area contributed by atoms with Gasteiger partial charge in [-0.05, 0) is 0 Å². The molecule has 0 aliphatic heterocycles. The molecular formula is C10H13N5O2S2. The fourth-order valence-corrected chi connectivity index (χ4v) is 2.90. The summed E-state index contributed by atoms with van der Waals surface area (Å²) in [6, 6.07) is 0. The number of aliphatic carboxylic acids is 1. The summed E-state index contributed by atoms with van der Waals surface area (Å²) in [5.41, 5.74) is 5.76. The highest BCUT2D eigenvalue weighted by molar-refractivity contribution is 7.99. The molecule has 0 aliphatic rings. The molecule has 2 rings (SSSR count). The van der Waals surface area contributed by atoms with Gasteiger partial charge >= 0.3 is 5.97 Å². The lowest BCUT2D eigenvalue weighted by Gasteiger charge is -2.12. The van der Waals surface area contributed by atoms with Crippen molar-refractivity contribution in [3.63, 3.8) is 0 Å². The first kappa shape index (κ1) is 13.8. The second-order valence-corrected chi connectivity index (χ2v) is 5.77. The van der Waals surface area contributed by atoms with E-state index in [1.807, 2.05) is 12.3 Å². The molecule has 0 aromatic carbocycles. The zero-order chi connectivity index (χ0) is 13.8. The first-order chi connectivity index (χ1) is 9.08. The van der Waals surface area contributed by atoms with Crippen LogP contribution in [0.1, 0.15) is 17.8 Å². The van der Waals surface area contributed by atoms with E-state index >= 15 is 0 Å². The monoisotopic (exact) mass is 299 g/mol. The fraction of sp³-hybridized carbons (Fsp3) is 0.400. The summed E-state index contributed by atoms with van der Waals surface area (Å²) in [6.45, 7) is 2.61. The number of nitrogen functional groups attached to an aromatic ring is 1. The van der Waals surface area contributed by atoms with Crippen molar-refractivity contribution in [2.45, 2.75) is 24.5 Å². The van der Waals surface area contributed by atoms with Crippen LogP contribution in [0.3, 0.4) is 0 Å². The molecule has 2 aromatic rings. The highest BCUT2D eigenvalue weighted by Crippen LogP contribution is 2.24. The number of nitrogens with zero attached hydrogens (tertiary/aromatic N) is 4. The predicted octanol–water partition coefficient (Wildman–Crippen LogP) is 1.30. The molecule has 0 fully saturated rings. The molecule has 0 amide bonds. The SMILES string of the molecule is CC(Cn1c(N)nnc1SCC(=O)O)c1nccs1. The van der Waals surface area contributed by atoms with Crippen LogP contribution in [0.15, 0.2) is 16.7 Å². The van der Waals surface area contributed by atoms with Crippen LogP contribution in [-0.4, -0.2) is 36.6 Å². The highest BCUT2D eigenvalue weighted by Gasteiger charge is 2.16. The number of anilines is 1. The molecule has 9 heteroatoms. The van der Waals surface area contributed by atoms with Crippen molar-refractivity contribution in [2.75, 3.05) is 11.5 Å². The van der Waals surface area contributed by atoms with Crippen LogP contribution in [-0.2, 0) is 11.3 Å². The highest BCUT2D eigenvalue weighted by atomic mass is 32.2. The fourth-order valence-electron chi connectivity index (χ4n) is 1.53. The molecule has 19 heavy (non-hydrogen) atoms. The van der Waals surface area contributed by atoms with Crippen LogP contribution < -0.4 is 5.73 Å². The van der Waals surface area contributed by atoms with Gasteiger partial charge < -0.3 is 10.8 Å². The average molecular weight is 299 g/mol. The largest absolute Gasteiger partial charge is 0.481 e. The Balaban J connectivity index is 2.10. The van der Waals surface area contributed by atoms with Gasteiger partial charge in [0.15, 0.2) is 5.16 Å². The standard InChI is InChI=1S/C10H13N5O2S2/c1-6(8-12-2-3-18-8)4-15-9(11)13-14-10(15)19-5-7(16)17/h2-3,6H,4-5H2,1H3,(H2,11,13)(H,16,17). The van der Waals surface area contributed by atoms with Crippen molar-refractivity contribution < 1.29 is 9.90 Å². The minimum absolute atomic E-state index is 0.0657. The summed E-state index contributed by atoms with van der Waals surface area (Å²) < 4.78 is 1.72. The van der Waals surface area contributed by atoms with E-state index in [0.717, 1.165) is 16.8 Å². The second-order valence-electron chi connectivity index (χ2n) is 3.91. The van der Waals surface area contributed by atoms with Crippen molar-refractivity contribution in [3.05, 3.63) is 16.6 Å². The van der Waals surface area contributed by atoms with Gasteiger partial charge in [0.2, 0.25) is 5.95 Å². The summed E-state index contributed by atoms with van der Waals surface area (Å²) in [5.74, 6) is -0.506. The first-order valence-corrected chi connectivity index (χ1v) is 7.37. The molecule has 0 saturated carbocycles. The van der Waals surface area contributed by atoms with Gasteiger partial charge in [0.25, 0.3) is 0 Å². The van der Waals surface area contributed by atoms with Gasteiger partial charge in [0.1, 0.15) is 0 Å². The molecule has 0 radical (unpaired) electrons.